The maximum absolute atomic E-state index is 12.8. The summed E-state index contributed by atoms with van der Waals surface area (Å²) < 4.78 is 5.33. The summed E-state index contributed by atoms with van der Waals surface area (Å²) in [5.74, 6) is 0.695. The number of hydrogen-bond acceptors (Lipinski definition) is 5. The first-order valence-corrected chi connectivity index (χ1v) is 9.11. The summed E-state index contributed by atoms with van der Waals surface area (Å²) in [6.07, 6.45) is 0.976. The smallest absolute Gasteiger partial charge is 0.257 e. The molecule has 0 radical (unpaired) electrons. The second-order valence-electron chi connectivity index (χ2n) is 5.98. The molecule has 0 aliphatic carbocycles. The van der Waals surface area contributed by atoms with Gasteiger partial charge in [0.1, 0.15) is 5.75 Å². The molecule has 128 valence electrons. The molecule has 1 aromatic heterocycles. The molecule has 1 amide bonds. The lowest BCUT2D eigenvalue weighted by Gasteiger charge is -2.22. The molecule has 0 saturated carbocycles. The van der Waals surface area contributed by atoms with Crippen LogP contribution in [-0.4, -0.2) is 54.0 Å². The number of carbonyl (C=O) groups is 1. The minimum Gasteiger partial charge on any atom is -0.496 e. The zero-order valence-electron chi connectivity index (χ0n) is 14.2. The molecule has 2 heterocycles. The number of benzene rings is 1. The number of rotatable bonds is 4. The van der Waals surface area contributed by atoms with Gasteiger partial charge in [-0.2, -0.15) is 0 Å². The fourth-order valence-corrected chi connectivity index (χ4v) is 3.64. The molecule has 6 heteroatoms. The fraction of sp³-hybridized carbons (Fsp3) is 0.444. The second-order valence-corrected chi connectivity index (χ2v) is 7.04. The van der Waals surface area contributed by atoms with Crippen molar-refractivity contribution in [3.8, 4) is 5.75 Å². The van der Waals surface area contributed by atoms with Crippen LogP contribution in [0.25, 0.3) is 0 Å². The topological polar surface area (TPSA) is 45.7 Å². The Labute approximate surface area is 146 Å². The number of thiazole rings is 1. The average molecular weight is 345 g/mol. The summed E-state index contributed by atoms with van der Waals surface area (Å²) in [5.41, 5.74) is 1.77. The third-order valence-electron chi connectivity index (χ3n) is 4.27. The van der Waals surface area contributed by atoms with Gasteiger partial charge in [-0.3, -0.25) is 9.69 Å². The van der Waals surface area contributed by atoms with Crippen LogP contribution in [0.3, 0.4) is 0 Å². The van der Waals surface area contributed by atoms with Crippen LogP contribution in [-0.2, 0) is 6.54 Å². The van der Waals surface area contributed by atoms with Crippen LogP contribution in [0.2, 0.25) is 0 Å². The first kappa shape index (κ1) is 16.9. The summed E-state index contributed by atoms with van der Waals surface area (Å²) in [6.45, 7) is 6.28. The number of aryl methyl sites for hydroxylation is 1. The van der Waals surface area contributed by atoms with Gasteiger partial charge >= 0.3 is 0 Å². The summed E-state index contributed by atoms with van der Waals surface area (Å²) >= 11 is 1.69. The Bertz CT molecular complexity index is 701. The van der Waals surface area contributed by atoms with E-state index in [4.69, 9.17) is 4.74 Å². The lowest BCUT2D eigenvalue weighted by molar-refractivity contribution is 0.0757. The maximum Gasteiger partial charge on any atom is 0.257 e. The zero-order valence-corrected chi connectivity index (χ0v) is 15.0. The van der Waals surface area contributed by atoms with Crippen LogP contribution in [0.4, 0.5) is 0 Å². The van der Waals surface area contributed by atoms with Crippen LogP contribution in [0.1, 0.15) is 27.5 Å². The number of para-hydroxylation sites is 1. The molecular formula is C18H23N3O2S. The molecule has 24 heavy (non-hydrogen) atoms. The fourth-order valence-electron chi connectivity index (χ4n) is 3.03. The van der Waals surface area contributed by atoms with E-state index in [1.165, 1.54) is 0 Å². The van der Waals surface area contributed by atoms with Gasteiger partial charge in [-0.1, -0.05) is 12.1 Å². The summed E-state index contributed by atoms with van der Waals surface area (Å²) in [7, 11) is 1.60. The van der Waals surface area contributed by atoms with Crippen molar-refractivity contribution in [2.45, 2.75) is 19.9 Å². The predicted molar refractivity (Wildman–Crippen MR) is 95.6 cm³/mol. The van der Waals surface area contributed by atoms with Crippen LogP contribution in [0.15, 0.2) is 29.6 Å². The van der Waals surface area contributed by atoms with E-state index in [1.54, 1.807) is 18.4 Å². The number of methoxy groups -OCH3 is 1. The highest BCUT2D eigenvalue weighted by molar-refractivity contribution is 7.09. The first-order valence-electron chi connectivity index (χ1n) is 8.23. The monoisotopic (exact) mass is 345 g/mol. The van der Waals surface area contributed by atoms with E-state index < -0.39 is 0 Å². The SMILES string of the molecule is COc1ccccc1C(=O)N1CCCN(Cc2csc(C)n2)CC1. The van der Waals surface area contributed by atoms with E-state index in [9.17, 15) is 4.79 Å². The van der Waals surface area contributed by atoms with Gasteiger partial charge in [0.25, 0.3) is 5.91 Å². The minimum absolute atomic E-state index is 0.0544. The molecule has 0 bridgehead atoms. The van der Waals surface area contributed by atoms with Crippen LogP contribution in [0.5, 0.6) is 5.75 Å². The molecule has 2 aromatic rings. The van der Waals surface area contributed by atoms with Crippen LogP contribution < -0.4 is 4.74 Å². The largest absolute Gasteiger partial charge is 0.496 e. The molecule has 1 saturated heterocycles. The number of amides is 1. The third kappa shape index (κ3) is 3.94. The molecule has 1 aliphatic rings. The summed E-state index contributed by atoms with van der Waals surface area (Å²) in [6, 6.07) is 7.43. The lowest BCUT2D eigenvalue weighted by Crippen LogP contribution is -2.35. The normalized spacial score (nSPS) is 16.0. The predicted octanol–water partition coefficient (Wildman–Crippen LogP) is 2.81. The van der Waals surface area contributed by atoms with Gasteiger partial charge in [-0.05, 0) is 25.5 Å². The molecular weight excluding hydrogens is 322 g/mol. The second kappa shape index (κ2) is 7.77. The van der Waals surface area contributed by atoms with Gasteiger partial charge in [0.2, 0.25) is 0 Å². The standard InChI is InChI=1S/C18H23N3O2S/c1-14-19-15(13-24-14)12-20-8-5-9-21(11-10-20)18(22)16-6-3-4-7-17(16)23-2/h3-4,6-7,13H,5,8-12H2,1-2H3. The molecule has 1 aliphatic heterocycles. The van der Waals surface area contributed by atoms with Gasteiger partial charge in [-0.25, -0.2) is 4.98 Å². The van der Waals surface area contributed by atoms with Crippen LogP contribution >= 0.6 is 11.3 Å². The highest BCUT2D eigenvalue weighted by atomic mass is 32.1. The third-order valence-corrected chi connectivity index (χ3v) is 5.09. The molecule has 0 unspecified atom stereocenters. The van der Waals surface area contributed by atoms with E-state index >= 15 is 0 Å². The van der Waals surface area contributed by atoms with Gasteiger partial charge in [0, 0.05) is 38.1 Å². The van der Waals surface area contributed by atoms with Gasteiger partial charge < -0.3 is 9.64 Å². The Hall–Kier alpha value is -1.92. The quantitative estimate of drug-likeness (QED) is 0.855. The van der Waals surface area contributed by atoms with E-state index in [0.717, 1.165) is 49.8 Å². The van der Waals surface area contributed by atoms with Gasteiger partial charge in [-0.15, -0.1) is 11.3 Å². The van der Waals surface area contributed by atoms with E-state index in [0.29, 0.717) is 11.3 Å². The summed E-state index contributed by atoms with van der Waals surface area (Å²) in [4.78, 5) is 21.7. The van der Waals surface area contributed by atoms with E-state index in [-0.39, 0.29) is 5.91 Å². The molecule has 1 fully saturated rings. The number of aromatic nitrogens is 1. The molecule has 3 rings (SSSR count). The average Bonchev–Trinajstić information content (AvgIpc) is 2.87. The zero-order chi connectivity index (χ0) is 16.9. The van der Waals surface area contributed by atoms with Crippen molar-refractivity contribution >= 4 is 17.2 Å². The Morgan fingerprint density at radius 2 is 2.08 bits per heavy atom. The van der Waals surface area contributed by atoms with Gasteiger partial charge in [0.15, 0.2) is 0 Å². The molecule has 0 spiro atoms. The molecule has 5 nitrogen and oxygen atoms in total. The Morgan fingerprint density at radius 3 is 2.83 bits per heavy atom. The number of nitrogens with zero attached hydrogens (tertiary/aromatic N) is 3. The van der Waals surface area contributed by atoms with E-state index in [2.05, 4.69) is 15.3 Å². The van der Waals surface area contributed by atoms with Crippen LogP contribution in [0, 0.1) is 6.92 Å². The van der Waals surface area contributed by atoms with Crippen molar-refractivity contribution in [2.75, 3.05) is 33.3 Å². The Kier molecular flexibility index (Phi) is 5.48. The number of ether oxygens (including phenoxy) is 1. The number of hydrogen-bond donors (Lipinski definition) is 0. The maximum atomic E-state index is 12.8. The Morgan fingerprint density at radius 1 is 1.25 bits per heavy atom. The summed E-state index contributed by atoms with van der Waals surface area (Å²) in [5, 5.41) is 3.23. The van der Waals surface area contributed by atoms with Crippen molar-refractivity contribution in [3.05, 3.63) is 45.9 Å². The first-order chi connectivity index (χ1) is 11.7. The van der Waals surface area contributed by atoms with E-state index in [1.807, 2.05) is 36.1 Å². The highest BCUT2D eigenvalue weighted by Crippen LogP contribution is 2.20. The van der Waals surface area contributed by atoms with Crippen molar-refractivity contribution in [1.29, 1.82) is 0 Å². The van der Waals surface area contributed by atoms with Crippen molar-refractivity contribution in [3.63, 3.8) is 0 Å². The lowest BCUT2D eigenvalue weighted by atomic mass is 10.1. The molecule has 0 N–H and O–H groups in total. The van der Waals surface area contributed by atoms with Crippen molar-refractivity contribution < 1.29 is 9.53 Å². The van der Waals surface area contributed by atoms with Gasteiger partial charge in [0.05, 0.1) is 23.4 Å². The number of carbonyl (C=O) groups excluding carboxylic acids is 1. The van der Waals surface area contributed by atoms with Crippen molar-refractivity contribution in [1.82, 2.24) is 14.8 Å². The molecule has 0 atom stereocenters. The minimum atomic E-state index is 0.0544. The highest BCUT2D eigenvalue weighted by Gasteiger charge is 2.22. The molecule has 1 aromatic carbocycles. The van der Waals surface area contributed by atoms with Crippen molar-refractivity contribution in [2.24, 2.45) is 0 Å². The Balaban J connectivity index is 1.63.